The van der Waals surface area contributed by atoms with Crippen molar-refractivity contribution in [3.8, 4) is 5.69 Å². The standard InChI is InChI=1S/C23H14N2S/c1-4-10-20-16(7-1)17-8-2-5-11-21(17)25(20)15-13-19-18-9-3-6-12-22(18)26-23(19)24-14-15/h1-14H. The maximum absolute atomic E-state index is 4.79. The van der Waals surface area contributed by atoms with Crippen molar-refractivity contribution < 1.29 is 0 Å². The number of para-hydroxylation sites is 2. The Morgan fingerprint density at radius 2 is 1.27 bits per heavy atom. The number of rotatable bonds is 1. The molecule has 2 nitrogen and oxygen atoms in total. The van der Waals surface area contributed by atoms with Gasteiger partial charge in [-0.05, 0) is 24.3 Å². The van der Waals surface area contributed by atoms with Gasteiger partial charge in [-0.15, -0.1) is 11.3 Å². The molecule has 0 N–H and O–H groups in total. The summed E-state index contributed by atoms with van der Waals surface area (Å²) in [4.78, 5) is 5.88. The molecule has 0 unspecified atom stereocenters. The van der Waals surface area contributed by atoms with E-state index in [1.165, 1.54) is 37.3 Å². The molecule has 0 aliphatic heterocycles. The number of hydrogen-bond donors (Lipinski definition) is 0. The van der Waals surface area contributed by atoms with Crippen molar-refractivity contribution >= 4 is 53.4 Å². The minimum atomic E-state index is 1.09. The highest BCUT2D eigenvalue weighted by Crippen LogP contribution is 2.36. The van der Waals surface area contributed by atoms with E-state index in [0.29, 0.717) is 0 Å². The zero-order valence-electron chi connectivity index (χ0n) is 13.9. The van der Waals surface area contributed by atoms with Crippen LogP contribution in [0.3, 0.4) is 0 Å². The van der Waals surface area contributed by atoms with Crippen molar-refractivity contribution in [1.29, 1.82) is 0 Å². The Kier molecular flexibility index (Phi) is 2.79. The first-order valence-corrected chi connectivity index (χ1v) is 9.48. The van der Waals surface area contributed by atoms with Gasteiger partial charge in [-0.3, -0.25) is 0 Å². The van der Waals surface area contributed by atoms with Crippen LogP contribution in [-0.2, 0) is 0 Å². The fraction of sp³-hybridized carbons (Fsp3) is 0. The van der Waals surface area contributed by atoms with E-state index in [4.69, 9.17) is 4.98 Å². The summed E-state index contributed by atoms with van der Waals surface area (Å²) < 4.78 is 3.61. The minimum Gasteiger partial charge on any atom is -0.308 e. The predicted molar refractivity (Wildman–Crippen MR) is 111 cm³/mol. The van der Waals surface area contributed by atoms with Crippen LogP contribution in [0.15, 0.2) is 85.1 Å². The van der Waals surface area contributed by atoms with Crippen LogP contribution in [-0.4, -0.2) is 9.55 Å². The van der Waals surface area contributed by atoms with Crippen molar-refractivity contribution in [2.45, 2.75) is 0 Å². The third kappa shape index (κ3) is 1.83. The molecule has 3 heterocycles. The molecule has 0 radical (unpaired) electrons. The van der Waals surface area contributed by atoms with E-state index in [9.17, 15) is 0 Å². The molecule has 6 aromatic rings. The fourth-order valence-electron chi connectivity index (χ4n) is 3.92. The second kappa shape index (κ2) is 5.16. The zero-order valence-corrected chi connectivity index (χ0v) is 14.7. The maximum atomic E-state index is 4.79. The van der Waals surface area contributed by atoms with Gasteiger partial charge in [0.2, 0.25) is 0 Å². The summed E-state index contributed by atoms with van der Waals surface area (Å²) >= 11 is 1.75. The molecule has 3 aromatic heterocycles. The molecule has 0 fully saturated rings. The van der Waals surface area contributed by atoms with E-state index in [1.807, 2.05) is 6.20 Å². The third-order valence-corrected chi connectivity index (χ3v) is 6.15. The molecule has 3 heteroatoms. The van der Waals surface area contributed by atoms with Crippen molar-refractivity contribution in [2.75, 3.05) is 0 Å². The molecule has 0 spiro atoms. The normalized spacial score (nSPS) is 11.8. The van der Waals surface area contributed by atoms with Crippen LogP contribution < -0.4 is 0 Å². The fourth-order valence-corrected chi connectivity index (χ4v) is 4.95. The first kappa shape index (κ1) is 14.0. The highest BCUT2D eigenvalue weighted by atomic mass is 32.1. The summed E-state index contributed by atoms with van der Waals surface area (Å²) in [6, 6.07) is 28.0. The average molecular weight is 350 g/mol. The monoisotopic (exact) mass is 350 g/mol. The van der Waals surface area contributed by atoms with Gasteiger partial charge in [0.1, 0.15) is 4.83 Å². The largest absolute Gasteiger partial charge is 0.308 e. The Morgan fingerprint density at radius 3 is 2.00 bits per heavy atom. The van der Waals surface area contributed by atoms with Crippen LogP contribution in [0, 0.1) is 0 Å². The van der Waals surface area contributed by atoms with Gasteiger partial charge < -0.3 is 4.57 Å². The maximum Gasteiger partial charge on any atom is 0.124 e. The summed E-state index contributed by atoms with van der Waals surface area (Å²) in [5.41, 5.74) is 3.54. The van der Waals surface area contributed by atoms with Crippen LogP contribution >= 0.6 is 11.3 Å². The van der Waals surface area contributed by atoms with Crippen LogP contribution in [0.4, 0.5) is 0 Å². The molecule has 0 aliphatic carbocycles. The molecule has 3 aromatic carbocycles. The average Bonchev–Trinajstić information content (AvgIpc) is 3.23. The predicted octanol–water partition coefficient (Wildman–Crippen LogP) is 6.55. The molecule has 6 rings (SSSR count). The van der Waals surface area contributed by atoms with Crippen molar-refractivity contribution in [2.24, 2.45) is 0 Å². The molecule has 0 atom stereocenters. The molecular formula is C23H14N2S. The van der Waals surface area contributed by atoms with Crippen LogP contribution in [0.1, 0.15) is 0 Å². The second-order valence-electron chi connectivity index (χ2n) is 6.51. The molecule has 122 valence electrons. The summed E-state index contributed by atoms with van der Waals surface area (Å²) in [6.45, 7) is 0. The topological polar surface area (TPSA) is 17.8 Å². The molecular weight excluding hydrogens is 336 g/mol. The van der Waals surface area contributed by atoms with Crippen LogP contribution in [0.5, 0.6) is 0 Å². The Labute approximate surface area is 153 Å². The summed E-state index contributed by atoms with van der Waals surface area (Å²) in [5.74, 6) is 0. The number of thiophene rings is 1. The molecule has 0 bridgehead atoms. The Balaban J connectivity index is 1.76. The van der Waals surface area contributed by atoms with Gasteiger partial charge in [-0.1, -0.05) is 54.6 Å². The second-order valence-corrected chi connectivity index (χ2v) is 7.54. The van der Waals surface area contributed by atoms with E-state index in [0.717, 1.165) is 10.5 Å². The molecule has 26 heavy (non-hydrogen) atoms. The Morgan fingerprint density at radius 1 is 0.654 bits per heavy atom. The van der Waals surface area contributed by atoms with Gasteiger partial charge in [0, 0.05) is 26.2 Å². The number of pyridine rings is 1. The highest BCUT2D eigenvalue weighted by molar-refractivity contribution is 7.25. The lowest BCUT2D eigenvalue weighted by Crippen LogP contribution is -1.94. The highest BCUT2D eigenvalue weighted by Gasteiger charge is 2.13. The lowest BCUT2D eigenvalue weighted by atomic mass is 10.2. The number of nitrogens with zero attached hydrogens (tertiary/aromatic N) is 2. The lowest BCUT2D eigenvalue weighted by Gasteiger charge is -2.07. The number of fused-ring (bicyclic) bond motifs is 6. The van der Waals surface area contributed by atoms with Gasteiger partial charge in [0.25, 0.3) is 0 Å². The van der Waals surface area contributed by atoms with Gasteiger partial charge in [-0.25, -0.2) is 4.98 Å². The number of aromatic nitrogens is 2. The Hall–Kier alpha value is -3.17. The smallest absolute Gasteiger partial charge is 0.124 e. The van der Waals surface area contributed by atoms with Crippen LogP contribution in [0.2, 0.25) is 0 Å². The van der Waals surface area contributed by atoms with E-state index < -0.39 is 0 Å². The van der Waals surface area contributed by atoms with Gasteiger partial charge >= 0.3 is 0 Å². The number of benzene rings is 3. The van der Waals surface area contributed by atoms with Gasteiger partial charge in [-0.2, -0.15) is 0 Å². The first-order chi connectivity index (χ1) is 12.9. The van der Waals surface area contributed by atoms with E-state index in [-0.39, 0.29) is 0 Å². The summed E-state index contributed by atoms with van der Waals surface area (Å²) in [6.07, 6.45) is 2.00. The summed E-state index contributed by atoms with van der Waals surface area (Å²) in [5, 5.41) is 5.06. The molecule has 0 amide bonds. The Bertz CT molecular complexity index is 1390. The van der Waals surface area contributed by atoms with Crippen molar-refractivity contribution in [1.82, 2.24) is 9.55 Å². The van der Waals surface area contributed by atoms with E-state index in [2.05, 4.69) is 83.4 Å². The van der Waals surface area contributed by atoms with Crippen LogP contribution in [0.25, 0.3) is 47.8 Å². The zero-order chi connectivity index (χ0) is 17.1. The minimum absolute atomic E-state index is 1.09. The summed E-state index contributed by atoms with van der Waals surface area (Å²) in [7, 11) is 0. The van der Waals surface area contributed by atoms with Gasteiger partial charge in [0.15, 0.2) is 0 Å². The quantitative estimate of drug-likeness (QED) is 0.329. The SMILES string of the molecule is c1ccc2c(c1)sc1ncc(-n3c4ccccc4c4ccccc43)cc12. The lowest BCUT2D eigenvalue weighted by molar-refractivity contribution is 1.16. The van der Waals surface area contributed by atoms with E-state index >= 15 is 0 Å². The van der Waals surface area contributed by atoms with E-state index in [1.54, 1.807) is 11.3 Å². The number of hydrogen-bond acceptors (Lipinski definition) is 2. The van der Waals surface area contributed by atoms with Crippen molar-refractivity contribution in [3.63, 3.8) is 0 Å². The molecule has 0 saturated carbocycles. The molecule has 0 aliphatic rings. The van der Waals surface area contributed by atoms with Gasteiger partial charge in [0.05, 0.1) is 22.9 Å². The van der Waals surface area contributed by atoms with Crippen molar-refractivity contribution in [3.05, 3.63) is 85.1 Å². The molecule has 0 saturated heterocycles. The first-order valence-electron chi connectivity index (χ1n) is 8.66. The third-order valence-electron chi connectivity index (χ3n) is 5.06.